The fourth-order valence-electron chi connectivity index (χ4n) is 2.40. The number of halogens is 5. The van der Waals surface area contributed by atoms with E-state index in [9.17, 15) is 17.6 Å². The van der Waals surface area contributed by atoms with Gasteiger partial charge in [0.2, 0.25) is 0 Å². The number of nitrogens with one attached hydrogen (secondary N) is 2. The van der Waals surface area contributed by atoms with Crippen LogP contribution in [0.4, 0.5) is 28.9 Å². The quantitative estimate of drug-likeness (QED) is 0.695. The van der Waals surface area contributed by atoms with Crippen LogP contribution in [-0.4, -0.2) is 34.1 Å². The van der Waals surface area contributed by atoms with Crippen LogP contribution in [0.3, 0.4) is 0 Å². The van der Waals surface area contributed by atoms with Crippen LogP contribution in [-0.2, 0) is 11.3 Å². The van der Waals surface area contributed by atoms with E-state index in [4.69, 9.17) is 16.3 Å². The van der Waals surface area contributed by atoms with E-state index in [1.54, 1.807) is 6.92 Å². The summed E-state index contributed by atoms with van der Waals surface area (Å²) in [6.45, 7) is 0.0331. The standard InChI is InChI=1S/C17H18ClF4N5O/c1-9-17(2,22)8-28-16(24-9)25-13-5-10(3-4-12(13)19)23-6-14-11(18)7-27(26-14)15(20)21/h3-5,7,9,15,23H,6,8H2,1-2H3,(H,24,25). The third kappa shape index (κ3) is 4.49. The molecule has 11 heteroatoms. The maximum atomic E-state index is 14.1. The van der Waals surface area contributed by atoms with Crippen molar-refractivity contribution < 1.29 is 22.3 Å². The molecule has 2 aromatic rings. The maximum Gasteiger partial charge on any atom is 0.333 e. The highest BCUT2D eigenvalue weighted by Crippen LogP contribution is 2.26. The zero-order valence-electron chi connectivity index (χ0n) is 15.0. The molecule has 1 aliphatic rings. The Bertz CT molecular complexity index is 886. The van der Waals surface area contributed by atoms with Crippen molar-refractivity contribution in [1.82, 2.24) is 9.78 Å². The lowest BCUT2D eigenvalue weighted by Gasteiger charge is -2.30. The van der Waals surface area contributed by atoms with Gasteiger partial charge in [0.1, 0.15) is 18.1 Å². The van der Waals surface area contributed by atoms with E-state index in [0.717, 1.165) is 6.20 Å². The second-order valence-corrected chi connectivity index (χ2v) is 6.94. The minimum Gasteiger partial charge on any atom is -0.462 e. The molecule has 152 valence electrons. The molecule has 1 aromatic carbocycles. The van der Waals surface area contributed by atoms with Crippen molar-refractivity contribution in [1.29, 1.82) is 0 Å². The van der Waals surface area contributed by atoms with Crippen molar-refractivity contribution in [3.63, 3.8) is 0 Å². The van der Waals surface area contributed by atoms with Crippen molar-refractivity contribution in [2.24, 2.45) is 4.99 Å². The predicted molar refractivity (Wildman–Crippen MR) is 98.2 cm³/mol. The zero-order chi connectivity index (χ0) is 20.5. The van der Waals surface area contributed by atoms with Gasteiger partial charge >= 0.3 is 6.55 Å². The van der Waals surface area contributed by atoms with Gasteiger partial charge in [-0.15, -0.1) is 0 Å². The summed E-state index contributed by atoms with van der Waals surface area (Å²) in [6, 6.07) is 3.46. The maximum absolute atomic E-state index is 14.1. The molecule has 28 heavy (non-hydrogen) atoms. The molecule has 1 aliphatic heterocycles. The molecule has 0 saturated carbocycles. The van der Waals surface area contributed by atoms with Crippen LogP contribution in [0.25, 0.3) is 0 Å². The molecule has 2 unspecified atom stereocenters. The summed E-state index contributed by atoms with van der Waals surface area (Å²) in [6.07, 6.45) is 1.03. The SMILES string of the molecule is CC1N=C(Nc2cc(NCc3nn(C(F)F)cc3Cl)ccc2F)OCC1(C)F. The Labute approximate surface area is 163 Å². The number of aliphatic imine (C=N–C) groups is 1. The number of hydrogen-bond donors (Lipinski definition) is 2. The number of hydrogen-bond acceptors (Lipinski definition) is 5. The summed E-state index contributed by atoms with van der Waals surface area (Å²) in [5.41, 5.74) is -0.848. The molecule has 1 aromatic heterocycles. The summed E-state index contributed by atoms with van der Waals surface area (Å²) in [5, 5.41) is 9.39. The number of alkyl halides is 3. The van der Waals surface area contributed by atoms with Crippen molar-refractivity contribution in [2.45, 2.75) is 38.7 Å². The van der Waals surface area contributed by atoms with Crippen LogP contribution >= 0.6 is 11.6 Å². The zero-order valence-corrected chi connectivity index (χ0v) is 15.8. The smallest absolute Gasteiger partial charge is 0.333 e. The molecular weight excluding hydrogens is 402 g/mol. The van der Waals surface area contributed by atoms with Gasteiger partial charge in [0, 0.05) is 11.9 Å². The number of amidine groups is 1. The molecule has 2 atom stereocenters. The minimum absolute atomic E-state index is 0.0115. The first-order chi connectivity index (χ1) is 13.2. The van der Waals surface area contributed by atoms with Crippen molar-refractivity contribution in [3.8, 4) is 0 Å². The van der Waals surface area contributed by atoms with Crippen LogP contribution in [0, 0.1) is 5.82 Å². The number of benzene rings is 1. The molecule has 0 saturated heterocycles. The Morgan fingerprint density at radius 2 is 2.18 bits per heavy atom. The van der Waals surface area contributed by atoms with E-state index in [-0.39, 0.29) is 35.6 Å². The van der Waals surface area contributed by atoms with Gasteiger partial charge in [0.15, 0.2) is 5.67 Å². The van der Waals surface area contributed by atoms with Crippen molar-refractivity contribution >= 4 is 29.0 Å². The van der Waals surface area contributed by atoms with Gasteiger partial charge in [-0.3, -0.25) is 0 Å². The summed E-state index contributed by atoms with van der Waals surface area (Å²) in [4.78, 5) is 4.05. The normalized spacial score (nSPS) is 22.0. The fourth-order valence-corrected chi connectivity index (χ4v) is 2.61. The van der Waals surface area contributed by atoms with Gasteiger partial charge in [-0.1, -0.05) is 11.6 Å². The molecule has 0 bridgehead atoms. The molecule has 0 amide bonds. The van der Waals surface area contributed by atoms with E-state index < -0.39 is 24.1 Å². The second kappa shape index (κ2) is 7.86. The lowest BCUT2D eigenvalue weighted by molar-refractivity contribution is 0.0562. The van der Waals surface area contributed by atoms with E-state index in [1.165, 1.54) is 25.1 Å². The number of nitrogens with zero attached hydrogens (tertiary/aromatic N) is 3. The lowest BCUT2D eigenvalue weighted by atomic mass is 10.0. The highest BCUT2D eigenvalue weighted by molar-refractivity contribution is 6.31. The number of rotatable bonds is 5. The summed E-state index contributed by atoms with van der Waals surface area (Å²) >= 11 is 5.89. The van der Waals surface area contributed by atoms with Crippen molar-refractivity contribution in [3.05, 3.63) is 40.9 Å². The second-order valence-electron chi connectivity index (χ2n) is 6.53. The van der Waals surface area contributed by atoms with E-state index in [1.807, 2.05) is 0 Å². The van der Waals surface area contributed by atoms with E-state index >= 15 is 0 Å². The summed E-state index contributed by atoms with van der Waals surface area (Å²) < 4.78 is 59.1. The molecular formula is C17H18ClF4N5O. The first-order valence-corrected chi connectivity index (χ1v) is 8.75. The van der Waals surface area contributed by atoms with Crippen LogP contribution < -0.4 is 10.6 Å². The number of aromatic nitrogens is 2. The van der Waals surface area contributed by atoms with Crippen LogP contribution in [0.15, 0.2) is 29.4 Å². The Kier molecular flexibility index (Phi) is 5.69. The Morgan fingerprint density at radius 3 is 2.82 bits per heavy atom. The highest BCUT2D eigenvalue weighted by Gasteiger charge is 2.36. The molecule has 2 heterocycles. The monoisotopic (exact) mass is 419 g/mol. The molecule has 6 nitrogen and oxygen atoms in total. The Morgan fingerprint density at radius 1 is 1.43 bits per heavy atom. The molecule has 0 radical (unpaired) electrons. The van der Waals surface area contributed by atoms with Crippen LogP contribution in [0.2, 0.25) is 5.02 Å². The van der Waals surface area contributed by atoms with Gasteiger partial charge in [-0.05, 0) is 32.0 Å². The lowest BCUT2D eigenvalue weighted by Crippen LogP contribution is -2.43. The van der Waals surface area contributed by atoms with Gasteiger partial charge in [0.25, 0.3) is 6.02 Å². The fraction of sp³-hybridized carbons (Fsp3) is 0.412. The first-order valence-electron chi connectivity index (χ1n) is 8.37. The number of ether oxygens (including phenoxy) is 1. The van der Waals surface area contributed by atoms with E-state index in [0.29, 0.717) is 10.4 Å². The molecule has 0 spiro atoms. The summed E-state index contributed by atoms with van der Waals surface area (Å²) in [7, 11) is 0. The average molecular weight is 420 g/mol. The minimum atomic E-state index is -2.79. The van der Waals surface area contributed by atoms with Crippen LogP contribution in [0.5, 0.6) is 0 Å². The Hall–Kier alpha value is -2.49. The molecule has 0 fully saturated rings. The highest BCUT2D eigenvalue weighted by atomic mass is 35.5. The van der Waals surface area contributed by atoms with Gasteiger partial charge in [-0.2, -0.15) is 13.9 Å². The average Bonchev–Trinajstić information content (AvgIpc) is 3.00. The first kappa shape index (κ1) is 20.2. The van der Waals surface area contributed by atoms with Crippen molar-refractivity contribution in [2.75, 3.05) is 17.2 Å². The Balaban J connectivity index is 1.70. The van der Waals surface area contributed by atoms with Gasteiger partial charge in [0.05, 0.1) is 23.3 Å². The van der Waals surface area contributed by atoms with Gasteiger partial charge < -0.3 is 15.4 Å². The number of anilines is 2. The largest absolute Gasteiger partial charge is 0.462 e. The predicted octanol–water partition coefficient (Wildman–Crippen LogP) is 4.60. The topological polar surface area (TPSA) is 63.5 Å². The van der Waals surface area contributed by atoms with E-state index in [2.05, 4.69) is 20.7 Å². The summed E-state index contributed by atoms with van der Waals surface area (Å²) in [5.74, 6) is -0.571. The molecule has 0 aliphatic carbocycles. The van der Waals surface area contributed by atoms with Crippen LogP contribution in [0.1, 0.15) is 26.1 Å². The molecule has 3 rings (SSSR count). The van der Waals surface area contributed by atoms with Gasteiger partial charge in [-0.25, -0.2) is 18.5 Å². The third-order valence-electron chi connectivity index (χ3n) is 4.30. The molecule has 2 N–H and O–H groups in total. The third-order valence-corrected chi connectivity index (χ3v) is 4.61.